The molecule has 8 heteroatoms. The lowest BCUT2D eigenvalue weighted by Crippen LogP contribution is -2.29. The second-order valence-corrected chi connectivity index (χ2v) is 4.29. The number of carbonyl (C=O) groups excluding carboxylic acids is 1. The van der Waals surface area contributed by atoms with Crippen molar-refractivity contribution in [1.29, 1.82) is 0 Å². The van der Waals surface area contributed by atoms with Crippen LogP contribution < -0.4 is 5.32 Å². The van der Waals surface area contributed by atoms with Gasteiger partial charge in [-0.1, -0.05) is 6.07 Å². The van der Waals surface area contributed by atoms with Gasteiger partial charge >= 0.3 is 5.97 Å². The number of hydrogen-bond donors (Lipinski definition) is 3. The number of carbonyl (C=O) groups is 2. The number of H-pyrrole nitrogens is 1. The molecule has 3 N–H and O–H groups in total. The minimum atomic E-state index is -1.33. The molecule has 6 nitrogen and oxygen atoms in total. The van der Waals surface area contributed by atoms with Crippen LogP contribution in [0.25, 0.3) is 0 Å². The fraction of sp³-hybridized carbons (Fsp3) is 0.154. The van der Waals surface area contributed by atoms with Gasteiger partial charge < -0.3 is 15.4 Å². The zero-order chi connectivity index (χ0) is 15.6. The lowest BCUT2D eigenvalue weighted by molar-refractivity contribution is 0.0684. The van der Waals surface area contributed by atoms with Crippen molar-refractivity contribution in [3.05, 3.63) is 53.1 Å². The predicted molar refractivity (Wildman–Crippen MR) is 67.8 cm³/mol. The highest BCUT2D eigenvalue weighted by molar-refractivity contribution is 6.02. The Morgan fingerprint density at radius 3 is 2.71 bits per heavy atom. The Morgan fingerprint density at radius 2 is 2.10 bits per heavy atom. The van der Waals surface area contributed by atoms with Gasteiger partial charge in [-0.3, -0.25) is 4.79 Å². The average molecular weight is 295 g/mol. The third-order valence-corrected chi connectivity index (χ3v) is 2.84. The molecule has 2 rings (SSSR count). The van der Waals surface area contributed by atoms with Crippen LogP contribution in [-0.4, -0.2) is 27.0 Å². The number of halogens is 2. The van der Waals surface area contributed by atoms with E-state index in [1.54, 1.807) is 0 Å². The number of nitrogens with one attached hydrogen (secondary N) is 2. The Balaban J connectivity index is 2.19. The SMILES string of the molecule is CC(NC(=O)c1nc[nH]c1C(=O)O)c1ccc(F)cc1F. The Hall–Kier alpha value is -2.77. The van der Waals surface area contributed by atoms with E-state index < -0.39 is 29.6 Å². The second kappa shape index (κ2) is 5.70. The van der Waals surface area contributed by atoms with Crippen molar-refractivity contribution < 1.29 is 23.5 Å². The van der Waals surface area contributed by atoms with Crippen LogP contribution in [-0.2, 0) is 0 Å². The fourth-order valence-corrected chi connectivity index (χ4v) is 1.82. The van der Waals surface area contributed by atoms with Gasteiger partial charge in [-0.15, -0.1) is 0 Å². The van der Waals surface area contributed by atoms with E-state index in [-0.39, 0.29) is 17.0 Å². The van der Waals surface area contributed by atoms with Gasteiger partial charge in [0.25, 0.3) is 5.91 Å². The standard InChI is InChI=1S/C13H11F2N3O3/c1-6(8-3-2-7(14)4-9(8)15)18-12(19)10-11(13(20)21)17-5-16-10/h2-6H,1H3,(H,16,17)(H,18,19)(H,20,21). The van der Waals surface area contributed by atoms with E-state index in [0.717, 1.165) is 12.4 Å². The summed E-state index contributed by atoms with van der Waals surface area (Å²) in [6, 6.07) is 2.20. The summed E-state index contributed by atoms with van der Waals surface area (Å²) in [5, 5.41) is 11.3. The van der Waals surface area contributed by atoms with Crippen LogP contribution in [0.5, 0.6) is 0 Å². The van der Waals surface area contributed by atoms with Gasteiger partial charge in [-0.05, 0) is 13.0 Å². The van der Waals surface area contributed by atoms with Gasteiger partial charge in [0.2, 0.25) is 0 Å². The van der Waals surface area contributed by atoms with Gasteiger partial charge in [0.15, 0.2) is 11.4 Å². The van der Waals surface area contributed by atoms with Crippen molar-refractivity contribution in [2.45, 2.75) is 13.0 Å². The number of aromatic amines is 1. The highest BCUT2D eigenvalue weighted by Gasteiger charge is 2.22. The fourth-order valence-electron chi connectivity index (χ4n) is 1.82. The molecule has 1 heterocycles. The number of nitrogens with zero attached hydrogens (tertiary/aromatic N) is 1. The van der Waals surface area contributed by atoms with Crippen LogP contribution in [0.3, 0.4) is 0 Å². The summed E-state index contributed by atoms with van der Waals surface area (Å²) in [5.74, 6) is -3.64. The van der Waals surface area contributed by atoms with Crippen LogP contribution in [0.1, 0.15) is 39.5 Å². The second-order valence-electron chi connectivity index (χ2n) is 4.29. The van der Waals surface area contributed by atoms with Gasteiger partial charge in [0.1, 0.15) is 11.6 Å². The normalized spacial score (nSPS) is 12.0. The summed E-state index contributed by atoms with van der Waals surface area (Å²) in [4.78, 5) is 28.8. The topological polar surface area (TPSA) is 95.1 Å². The summed E-state index contributed by atoms with van der Waals surface area (Å²) in [6.07, 6.45) is 1.07. The van der Waals surface area contributed by atoms with Crippen molar-refractivity contribution >= 4 is 11.9 Å². The monoisotopic (exact) mass is 295 g/mol. The number of imidazole rings is 1. The highest BCUT2D eigenvalue weighted by atomic mass is 19.1. The molecule has 0 aliphatic rings. The molecule has 2 aromatic rings. The molecule has 0 spiro atoms. The first-order valence-electron chi connectivity index (χ1n) is 5.92. The summed E-state index contributed by atoms with van der Waals surface area (Å²) in [7, 11) is 0. The number of amides is 1. The molecule has 110 valence electrons. The van der Waals surface area contributed by atoms with Crippen molar-refractivity contribution in [2.24, 2.45) is 0 Å². The zero-order valence-corrected chi connectivity index (χ0v) is 10.9. The quantitative estimate of drug-likeness (QED) is 0.802. The van der Waals surface area contributed by atoms with Crippen molar-refractivity contribution in [1.82, 2.24) is 15.3 Å². The number of aromatic nitrogens is 2. The molecule has 0 aliphatic heterocycles. The number of rotatable bonds is 4. The number of hydrogen-bond acceptors (Lipinski definition) is 3. The average Bonchev–Trinajstić information content (AvgIpc) is 2.87. The first-order chi connectivity index (χ1) is 9.90. The largest absolute Gasteiger partial charge is 0.477 e. The number of benzene rings is 1. The van der Waals surface area contributed by atoms with E-state index in [0.29, 0.717) is 6.07 Å². The summed E-state index contributed by atoms with van der Waals surface area (Å²) in [5.41, 5.74) is -0.590. The highest BCUT2D eigenvalue weighted by Crippen LogP contribution is 2.18. The molecule has 0 aliphatic carbocycles. The molecular weight excluding hydrogens is 284 g/mol. The number of carboxylic acid groups (broad SMARTS) is 1. The summed E-state index contributed by atoms with van der Waals surface area (Å²) < 4.78 is 26.4. The van der Waals surface area contributed by atoms with Gasteiger partial charge in [0.05, 0.1) is 12.4 Å². The molecule has 1 unspecified atom stereocenters. The Labute approximate surface area is 117 Å². The maximum absolute atomic E-state index is 13.6. The molecule has 1 aromatic heterocycles. The van der Waals surface area contributed by atoms with E-state index in [4.69, 9.17) is 5.11 Å². The third-order valence-electron chi connectivity index (χ3n) is 2.84. The molecule has 0 saturated heterocycles. The molecule has 0 bridgehead atoms. The maximum Gasteiger partial charge on any atom is 0.354 e. The lowest BCUT2D eigenvalue weighted by atomic mass is 10.1. The van der Waals surface area contributed by atoms with Crippen LogP contribution in [0.15, 0.2) is 24.5 Å². The van der Waals surface area contributed by atoms with E-state index in [1.807, 2.05) is 0 Å². The van der Waals surface area contributed by atoms with E-state index in [2.05, 4.69) is 15.3 Å². The van der Waals surface area contributed by atoms with E-state index in [1.165, 1.54) is 13.0 Å². The lowest BCUT2D eigenvalue weighted by Gasteiger charge is -2.14. The van der Waals surface area contributed by atoms with Gasteiger partial charge in [0, 0.05) is 11.6 Å². The van der Waals surface area contributed by atoms with E-state index in [9.17, 15) is 18.4 Å². The zero-order valence-electron chi connectivity index (χ0n) is 10.9. The molecule has 0 radical (unpaired) electrons. The molecule has 1 amide bonds. The van der Waals surface area contributed by atoms with Crippen LogP contribution in [0.4, 0.5) is 8.78 Å². The van der Waals surface area contributed by atoms with Gasteiger partial charge in [-0.25, -0.2) is 18.6 Å². The molecule has 21 heavy (non-hydrogen) atoms. The summed E-state index contributed by atoms with van der Waals surface area (Å²) in [6.45, 7) is 1.49. The van der Waals surface area contributed by atoms with Gasteiger partial charge in [-0.2, -0.15) is 0 Å². The first kappa shape index (κ1) is 14.6. The molecule has 1 atom stereocenters. The molecule has 1 aromatic carbocycles. The molecule has 0 saturated carbocycles. The van der Waals surface area contributed by atoms with Crippen molar-refractivity contribution in [3.8, 4) is 0 Å². The minimum Gasteiger partial charge on any atom is -0.477 e. The third kappa shape index (κ3) is 3.04. The van der Waals surface area contributed by atoms with Crippen LogP contribution >= 0.6 is 0 Å². The Morgan fingerprint density at radius 1 is 1.38 bits per heavy atom. The first-order valence-corrected chi connectivity index (χ1v) is 5.92. The van der Waals surface area contributed by atoms with E-state index >= 15 is 0 Å². The summed E-state index contributed by atoms with van der Waals surface area (Å²) >= 11 is 0. The molecular formula is C13H11F2N3O3. The predicted octanol–water partition coefficient (Wildman–Crippen LogP) is 1.88. The van der Waals surface area contributed by atoms with Crippen LogP contribution in [0, 0.1) is 11.6 Å². The minimum absolute atomic E-state index is 0.0807. The Kier molecular flexibility index (Phi) is 3.97. The van der Waals surface area contributed by atoms with Crippen LogP contribution in [0.2, 0.25) is 0 Å². The number of carboxylic acids is 1. The van der Waals surface area contributed by atoms with Crippen molar-refractivity contribution in [2.75, 3.05) is 0 Å². The maximum atomic E-state index is 13.6. The smallest absolute Gasteiger partial charge is 0.354 e. The molecule has 0 fully saturated rings. The Bertz CT molecular complexity index is 700. The number of aromatic carboxylic acids is 1. The van der Waals surface area contributed by atoms with Crippen molar-refractivity contribution in [3.63, 3.8) is 0 Å².